The number of amides is 2. The van der Waals surface area contributed by atoms with Crippen LogP contribution in [0.3, 0.4) is 0 Å². The third-order valence-electron chi connectivity index (χ3n) is 5.93. The molecule has 2 fully saturated rings. The van der Waals surface area contributed by atoms with Crippen molar-refractivity contribution in [2.45, 2.75) is 62.3 Å². The Morgan fingerprint density at radius 2 is 1.87 bits per heavy atom. The summed E-state index contributed by atoms with van der Waals surface area (Å²) >= 11 is 0. The van der Waals surface area contributed by atoms with E-state index in [-0.39, 0.29) is 29.0 Å². The zero-order valence-corrected chi connectivity index (χ0v) is 18.1. The van der Waals surface area contributed by atoms with Crippen LogP contribution in [0.4, 0.5) is 5.69 Å². The lowest BCUT2D eigenvalue weighted by atomic mass is 9.93. The molecule has 1 heterocycles. The fraction of sp³-hybridized carbons (Fsp3) is 0.619. The molecule has 0 aromatic heterocycles. The van der Waals surface area contributed by atoms with Gasteiger partial charge in [0.05, 0.1) is 10.8 Å². The molecule has 1 unspecified atom stereocenters. The zero-order valence-electron chi connectivity index (χ0n) is 17.3. The van der Waals surface area contributed by atoms with E-state index >= 15 is 0 Å². The second kappa shape index (κ2) is 10.4. The number of sulfonamides is 1. The van der Waals surface area contributed by atoms with Gasteiger partial charge in [0.25, 0.3) is 0 Å². The minimum Gasteiger partial charge on any atom is -0.353 e. The molecule has 1 saturated carbocycles. The summed E-state index contributed by atoms with van der Waals surface area (Å²) in [4.78, 5) is 27.0. The summed E-state index contributed by atoms with van der Waals surface area (Å²) in [5, 5.41) is 11.1. The molecule has 1 aromatic carbocycles. The number of primary sulfonamides is 1. The molecule has 8 nitrogen and oxygen atoms in total. The smallest absolute Gasteiger partial charge is 0.238 e. The predicted octanol–water partition coefficient (Wildman–Crippen LogP) is 1.82. The Hall–Kier alpha value is -1.97. The van der Waals surface area contributed by atoms with Crippen molar-refractivity contribution in [1.29, 1.82) is 0 Å². The number of carbonyl (C=O) groups excluding carboxylic acids is 2. The summed E-state index contributed by atoms with van der Waals surface area (Å²) in [6.45, 7) is 2.11. The Bertz CT molecular complexity index is 852. The Labute approximate surface area is 178 Å². The van der Waals surface area contributed by atoms with Gasteiger partial charge in [0.2, 0.25) is 21.8 Å². The number of anilines is 1. The highest BCUT2D eigenvalue weighted by Crippen LogP contribution is 2.21. The van der Waals surface area contributed by atoms with Gasteiger partial charge in [0.15, 0.2) is 0 Å². The standard InChI is InChI=1S/C21H32N4O4S/c22-30(28,29)19-10-4-9-18(14-19)23-20(26)11-13-25-12-5-6-16(15-25)21(27)24-17-7-2-1-3-8-17/h4,9-10,14,16-17H,1-3,5-8,11-13,15H2,(H,23,26)(H,24,27)(H2,22,28,29). The maximum absolute atomic E-state index is 12.6. The third-order valence-corrected chi connectivity index (χ3v) is 6.84. The van der Waals surface area contributed by atoms with Crippen LogP contribution >= 0.6 is 0 Å². The Morgan fingerprint density at radius 3 is 2.60 bits per heavy atom. The summed E-state index contributed by atoms with van der Waals surface area (Å²) in [5.41, 5.74) is 0.398. The highest BCUT2D eigenvalue weighted by Gasteiger charge is 2.27. The number of hydrogen-bond acceptors (Lipinski definition) is 5. The summed E-state index contributed by atoms with van der Waals surface area (Å²) in [5.74, 6) is -0.0682. The van der Waals surface area contributed by atoms with E-state index < -0.39 is 10.0 Å². The lowest BCUT2D eigenvalue weighted by Gasteiger charge is -2.33. The number of likely N-dealkylation sites (tertiary alicyclic amines) is 1. The maximum Gasteiger partial charge on any atom is 0.238 e. The van der Waals surface area contributed by atoms with Gasteiger partial charge in [-0.05, 0) is 50.4 Å². The van der Waals surface area contributed by atoms with Crippen molar-refractivity contribution < 1.29 is 18.0 Å². The molecule has 1 saturated heterocycles. The maximum atomic E-state index is 12.6. The highest BCUT2D eigenvalue weighted by atomic mass is 32.2. The molecule has 3 rings (SSSR count). The SMILES string of the molecule is NS(=O)(=O)c1cccc(NC(=O)CCN2CCCC(C(=O)NC3CCCCC3)C2)c1. The van der Waals surface area contributed by atoms with Crippen LogP contribution in [0, 0.1) is 5.92 Å². The average molecular weight is 437 g/mol. The zero-order chi connectivity index (χ0) is 21.6. The van der Waals surface area contributed by atoms with Crippen LogP contribution < -0.4 is 15.8 Å². The van der Waals surface area contributed by atoms with Crippen molar-refractivity contribution in [2.24, 2.45) is 11.1 Å². The molecule has 1 aliphatic heterocycles. The highest BCUT2D eigenvalue weighted by molar-refractivity contribution is 7.89. The first kappa shape index (κ1) is 22.7. The van der Waals surface area contributed by atoms with E-state index in [0.717, 1.165) is 32.2 Å². The van der Waals surface area contributed by atoms with Crippen LogP contribution in [-0.4, -0.2) is 50.8 Å². The molecule has 1 aliphatic carbocycles. The predicted molar refractivity (Wildman–Crippen MR) is 115 cm³/mol. The van der Waals surface area contributed by atoms with Crippen molar-refractivity contribution in [3.05, 3.63) is 24.3 Å². The van der Waals surface area contributed by atoms with Crippen LogP contribution in [0.5, 0.6) is 0 Å². The van der Waals surface area contributed by atoms with E-state index in [4.69, 9.17) is 5.14 Å². The van der Waals surface area contributed by atoms with Gasteiger partial charge in [0, 0.05) is 31.2 Å². The quantitative estimate of drug-likeness (QED) is 0.602. The minimum absolute atomic E-state index is 0.0184. The van der Waals surface area contributed by atoms with Gasteiger partial charge in [-0.3, -0.25) is 9.59 Å². The van der Waals surface area contributed by atoms with Crippen molar-refractivity contribution in [2.75, 3.05) is 25.0 Å². The molecule has 2 aliphatic rings. The van der Waals surface area contributed by atoms with Gasteiger partial charge in [-0.25, -0.2) is 13.6 Å². The number of rotatable bonds is 7. The van der Waals surface area contributed by atoms with Crippen molar-refractivity contribution in [3.63, 3.8) is 0 Å². The Balaban J connectivity index is 1.45. The van der Waals surface area contributed by atoms with Crippen molar-refractivity contribution in [3.8, 4) is 0 Å². The molecule has 4 N–H and O–H groups in total. The van der Waals surface area contributed by atoms with Crippen LogP contribution in [0.2, 0.25) is 0 Å². The third kappa shape index (κ3) is 6.78. The molecule has 0 spiro atoms. The molecule has 9 heteroatoms. The fourth-order valence-corrected chi connectivity index (χ4v) is 4.83. The van der Waals surface area contributed by atoms with Gasteiger partial charge in [-0.15, -0.1) is 0 Å². The van der Waals surface area contributed by atoms with E-state index in [1.807, 2.05) is 0 Å². The number of nitrogens with one attached hydrogen (secondary N) is 2. The lowest BCUT2D eigenvalue weighted by molar-refractivity contribution is -0.127. The molecular weight excluding hydrogens is 404 g/mol. The molecule has 0 bridgehead atoms. The van der Waals surface area contributed by atoms with Crippen LogP contribution in [-0.2, 0) is 19.6 Å². The number of benzene rings is 1. The van der Waals surface area contributed by atoms with Crippen LogP contribution in [0.1, 0.15) is 51.4 Å². The molecule has 0 radical (unpaired) electrons. The second-order valence-corrected chi connectivity index (χ2v) is 9.92. The minimum atomic E-state index is -3.81. The fourth-order valence-electron chi connectivity index (χ4n) is 4.27. The van der Waals surface area contributed by atoms with Gasteiger partial charge >= 0.3 is 0 Å². The monoisotopic (exact) mass is 436 g/mol. The summed E-state index contributed by atoms with van der Waals surface area (Å²) in [7, 11) is -3.81. The van der Waals surface area contributed by atoms with E-state index in [0.29, 0.717) is 24.8 Å². The van der Waals surface area contributed by atoms with E-state index in [1.165, 1.54) is 37.5 Å². The Morgan fingerprint density at radius 1 is 1.10 bits per heavy atom. The molecule has 1 aromatic rings. The molecule has 2 amide bonds. The first-order chi connectivity index (χ1) is 14.3. The number of nitrogens with zero attached hydrogens (tertiary/aromatic N) is 1. The van der Waals surface area contributed by atoms with Crippen LogP contribution in [0.25, 0.3) is 0 Å². The van der Waals surface area contributed by atoms with E-state index in [2.05, 4.69) is 15.5 Å². The van der Waals surface area contributed by atoms with Gasteiger partial charge in [-0.2, -0.15) is 0 Å². The normalized spacial score (nSPS) is 21.2. The van der Waals surface area contributed by atoms with E-state index in [9.17, 15) is 18.0 Å². The molecule has 166 valence electrons. The number of piperidine rings is 1. The van der Waals surface area contributed by atoms with Crippen molar-refractivity contribution >= 4 is 27.5 Å². The first-order valence-corrected chi connectivity index (χ1v) is 12.3. The second-order valence-electron chi connectivity index (χ2n) is 8.35. The summed E-state index contributed by atoms with van der Waals surface area (Å²) in [6, 6.07) is 6.21. The topological polar surface area (TPSA) is 122 Å². The number of hydrogen-bond donors (Lipinski definition) is 3. The van der Waals surface area contributed by atoms with Gasteiger partial charge in [-0.1, -0.05) is 25.3 Å². The average Bonchev–Trinajstić information content (AvgIpc) is 2.73. The summed E-state index contributed by atoms with van der Waals surface area (Å²) < 4.78 is 22.9. The van der Waals surface area contributed by atoms with Gasteiger partial charge in [0.1, 0.15) is 0 Å². The van der Waals surface area contributed by atoms with E-state index in [1.54, 1.807) is 6.07 Å². The number of nitrogens with two attached hydrogens (primary N) is 1. The number of carbonyl (C=O) groups is 2. The van der Waals surface area contributed by atoms with Crippen LogP contribution in [0.15, 0.2) is 29.2 Å². The molecule has 1 atom stereocenters. The molecular formula is C21H32N4O4S. The summed E-state index contributed by atoms with van der Waals surface area (Å²) in [6.07, 6.45) is 7.91. The Kier molecular flexibility index (Phi) is 7.85. The lowest BCUT2D eigenvalue weighted by Crippen LogP contribution is -2.46. The molecule has 30 heavy (non-hydrogen) atoms. The largest absolute Gasteiger partial charge is 0.353 e. The first-order valence-electron chi connectivity index (χ1n) is 10.8. The van der Waals surface area contributed by atoms with Crippen molar-refractivity contribution in [1.82, 2.24) is 10.2 Å². The van der Waals surface area contributed by atoms with Gasteiger partial charge < -0.3 is 15.5 Å².